The molecule has 0 atom stereocenters. The minimum absolute atomic E-state index is 0.00509. The van der Waals surface area contributed by atoms with Gasteiger partial charge in [0.1, 0.15) is 17.2 Å². The van der Waals surface area contributed by atoms with Gasteiger partial charge in [-0.3, -0.25) is 4.57 Å². The Morgan fingerprint density at radius 3 is 2.89 bits per heavy atom. The van der Waals surface area contributed by atoms with Crippen molar-refractivity contribution in [2.75, 3.05) is 13.7 Å². The average Bonchev–Trinajstić information content (AvgIpc) is 3.07. The number of aromatic nitrogens is 4. The van der Waals surface area contributed by atoms with Gasteiger partial charge in [-0.05, 0) is 24.8 Å². The van der Waals surface area contributed by atoms with Gasteiger partial charge >= 0.3 is 0 Å². The van der Waals surface area contributed by atoms with E-state index in [1.807, 2.05) is 6.92 Å². The maximum atomic E-state index is 10.5. The number of imidazole rings is 1. The Labute approximate surface area is 154 Å². The van der Waals surface area contributed by atoms with Crippen molar-refractivity contribution in [3.05, 3.63) is 54.0 Å². The first-order chi connectivity index (χ1) is 13.2. The highest BCUT2D eigenvalue weighted by atomic mass is 16.5. The van der Waals surface area contributed by atoms with Crippen LogP contribution in [0.3, 0.4) is 0 Å². The van der Waals surface area contributed by atoms with Crippen molar-refractivity contribution in [2.45, 2.75) is 6.92 Å². The summed E-state index contributed by atoms with van der Waals surface area (Å²) in [5.41, 5.74) is 7.42. The summed E-state index contributed by atoms with van der Waals surface area (Å²) in [6.07, 6.45) is 4.69. The van der Waals surface area contributed by atoms with Gasteiger partial charge in [-0.1, -0.05) is 11.8 Å². The van der Waals surface area contributed by atoms with E-state index < -0.39 is 0 Å². The van der Waals surface area contributed by atoms with E-state index in [-0.39, 0.29) is 5.75 Å². The molecule has 27 heavy (non-hydrogen) atoms. The molecule has 4 rings (SSSR count). The maximum absolute atomic E-state index is 10.5. The van der Waals surface area contributed by atoms with Crippen molar-refractivity contribution in [1.82, 2.24) is 19.5 Å². The van der Waals surface area contributed by atoms with E-state index in [1.165, 1.54) is 7.11 Å². The molecule has 0 radical (unpaired) electrons. The van der Waals surface area contributed by atoms with Gasteiger partial charge in [-0.25, -0.2) is 19.9 Å². The molecular formula is C19H15N5O3. The fourth-order valence-corrected chi connectivity index (χ4v) is 2.75. The summed E-state index contributed by atoms with van der Waals surface area (Å²) >= 11 is 0. The third-order valence-corrected chi connectivity index (χ3v) is 3.83. The smallest absolute Gasteiger partial charge is 0.223 e. The van der Waals surface area contributed by atoms with Crippen molar-refractivity contribution in [3.63, 3.8) is 0 Å². The molecule has 8 heteroatoms. The van der Waals surface area contributed by atoms with E-state index in [9.17, 15) is 5.11 Å². The number of hydrogen-bond acceptors (Lipinski definition) is 7. The Morgan fingerprint density at radius 2 is 2.07 bits per heavy atom. The quantitative estimate of drug-likeness (QED) is 0.718. The molecule has 1 aliphatic rings. The highest BCUT2D eigenvalue weighted by Crippen LogP contribution is 2.36. The van der Waals surface area contributed by atoms with Crippen LogP contribution in [-0.4, -0.2) is 44.2 Å². The number of phenols is 1. The van der Waals surface area contributed by atoms with Crippen LogP contribution in [0.2, 0.25) is 0 Å². The molecule has 0 aliphatic carbocycles. The molecule has 8 nitrogen and oxygen atoms in total. The SMILES string of the molecule is CCOC1=NC(c2nc3nccnc3n2-c2c(O)cccc2OC)=C=C=C1. The number of fused-ring (bicyclic) bond motifs is 1. The second-order valence-corrected chi connectivity index (χ2v) is 5.45. The summed E-state index contributed by atoms with van der Waals surface area (Å²) in [5.74, 6) is 1.24. The largest absolute Gasteiger partial charge is 0.506 e. The molecule has 2 aromatic heterocycles. The number of rotatable bonds is 4. The lowest BCUT2D eigenvalue weighted by molar-refractivity contribution is 0.330. The summed E-state index contributed by atoms with van der Waals surface area (Å²) in [5, 5.41) is 10.5. The number of methoxy groups -OCH3 is 1. The van der Waals surface area contributed by atoms with E-state index in [2.05, 4.69) is 31.4 Å². The van der Waals surface area contributed by atoms with Gasteiger partial charge in [0, 0.05) is 12.4 Å². The first-order valence-electron chi connectivity index (χ1n) is 8.22. The van der Waals surface area contributed by atoms with Crippen LogP contribution >= 0.6 is 0 Å². The molecule has 1 N–H and O–H groups in total. The van der Waals surface area contributed by atoms with Crippen LogP contribution in [0.1, 0.15) is 12.7 Å². The monoisotopic (exact) mass is 361 g/mol. The van der Waals surface area contributed by atoms with Crippen LogP contribution in [0, 0.1) is 0 Å². The van der Waals surface area contributed by atoms with E-state index in [0.29, 0.717) is 46.8 Å². The van der Waals surface area contributed by atoms with Crippen LogP contribution in [0.25, 0.3) is 22.7 Å². The predicted molar refractivity (Wildman–Crippen MR) is 98.9 cm³/mol. The van der Waals surface area contributed by atoms with Crippen molar-refractivity contribution in [3.8, 4) is 17.2 Å². The lowest BCUT2D eigenvalue weighted by Crippen LogP contribution is -2.07. The average molecular weight is 361 g/mol. The lowest BCUT2D eigenvalue weighted by Gasteiger charge is -2.14. The summed E-state index contributed by atoms with van der Waals surface area (Å²) < 4.78 is 12.5. The molecule has 3 heterocycles. The maximum Gasteiger partial charge on any atom is 0.223 e. The van der Waals surface area contributed by atoms with Gasteiger partial charge in [0.2, 0.25) is 5.90 Å². The zero-order valence-corrected chi connectivity index (χ0v) is 14.7. The molecule has 0 saturated carbocycles. The number of ether oxygens (including phenoxy) is 2. The number of aliphatic imine (C=N–C) groups is 1. The van der Waals surface area contributed by atoms with E-state index in [0.717, 1.165) is 0 Å². The second-order valence-electron chi connectivity index (χ2n) is 5.45. The van der Waals surface area contributed by atoms with Gasteiger partial charge in [0.15, 0.2) is 22.8 Å². The first-order valence-corrected chi connectivity index (χ1v) is 8.22. The van der Waals surface area contributed by atoms with E-state index in [4.69, 9.17) is 9.47 Å². The Hall–Kier alpha value is -3.86. The van der Waals surface area contributed by atoms with Crippen molar-refractivity contribution >= 4 is 22.9 Å². The highest BCUT2D eigenvalue weighted by Gasteiger charge is 2.23. The van der Waals surface area contributed by atoms with Crippen LogP contribution in [0.5, 0.6) is 11.5 Å². The Balaban J connectivity index is 2.04. The third kappa shape index (κ3) is 2.85. The molecule has 3 aromatic rings. The second kappa shape index (κ2) is 6.80. The number of aromatic hydroxyl groups is 1. The van der Waals surface area contributed by atoms with E-state index in [1.54, 1.807) is 41.2 Å². The zero-order chi connectivity index (χ0) is 18.8. The van der Waals surface area contributed by atoms with Crippen molar-refractivity contribution < 1.29 is 14.6 Å². The first kappa shape index (κ1) is 16.6. The molecule has 0 fully saturated rings. The Kier molecular flexibility index (Phi) is 4.18. The van der Waals surface area contributed by atoms with Gasteiger partial charge in [-0.2, -0.15) is 0 Å². The number of nitrogens with zero attached hydrogens (tertiary/aromatic N) is 5. The minimum atomic E-state index is 0.00509. The summed E-state index contributed by atoms with van der Waals surface area (Å²) in [6.45, 7) is 2.34. The van der Waals surface area contributed by atoms with Crippen LogP contribution in [0.15, 0.2) is 53.1 Å². The molecule has 1 aromatic carbocycles. The molecule has 0 saturated heterocycles. The highest BCUT2D eigenvalue weighted by molar-refractivity contribution is 5.93. The standard InChI is InChI=1S/C19H15N5O3/c1-3-27-15-9-4-6-12(22-15)18-23-17-19(21-11-10-20-17)24(18)16-13(25)7-5-8-14(16)26-2/h5,7-11,25H,3H2,1-2H3. The van der Waals surface area contributed by atoms with Crippen molar-refractivity contribution in [2.24, 2.45) is 4.99 Å². The molecular weight excluding hydrogens is 346 g/mol. The van der Waals surface area contributed by atoms with Gasteiger partial charge in [0.25, 0.3) is 0 Å². The fourth-order valence-electron chi connectivity index (χ4n) is 2.75. The summed E-state index contributed by atoms with van der Waals surface area (Å²) in [7, 11) is 1.52. The van der Waals surface area contributed by atoms with Gasteiger partial charge in [0.05, 0.1) is 19.8 Å². The van der Waals surface area contributed by atoms with Crippen LogP contribution in [-0.2, 0) is 4.74 Å². The van der Waals surface area contributed by atoms with Crippen LogP contribution < -0.4 is 4.74 Å². The topological polar surface area (TPSA) is 94.7 Å². The number of phenolic OH excluding ortho intramolecular Hbond substituents is 1. The minimum Gasteiger partial charge on any atom is -0.506 e. The normalized spacial score (nSPS) is 12.8. The van der Waals surface area contributed by atoms with Gasteiger partial charge < -0.3 is 14.6 Å². The Morgan fingerprint density at radius 1 is 1.22 bits per heavy atom. The number of hydrogen-bond donors (Lipinski definition) is 1. The summed E-state index contributed by atoms with van der Waals surface area (Å²) in [6, 6.07) is 4.99. The van der Waals surface area contributed by atoms with Gasteiger partial charge in [-0.15, -0.1) is 0 Å². The lowest BCUT2D eigenvalue weighted by atomic mass is 10.2. The molecule has 0 spiro atoms. The zero-order valence-electron chi connectivity index (χ0n) is 14.7. The molecule has 0 amide bonds. The number of benzene rings is 1. The third-order valence-electron chi connectivity index (χ3n) is 3.83. The van der Waals surface area contributed by atoms with Crippen LogP contribution in [0.4, 0.5) is 0 Å². The van der Waals surface area contributed by atoms with Crippen molar-refractivity contribution in [1.29, 1.82) is 0 Å². The predicted octanol–water partition coefficient (Wildman–Crippen LogP) is 2.63. The Bertz CT molecular complexity index is 1170. The number of para-hydroxylation sites is 1. The molecule has 0 unspecified atom stereocenters. The summed E-state index contributed by atoms with van der Waals surface area (Å²) in [4.78, 5) is 17.6. The molecule has 134 valence electrons. The fraction of sp³-hybridized carbons (Fsp3) is 0.158. The van der Waals surface area contributed by atoms with E-state index >= 15 is 0 Å². The molecule has 1 aliphatic heterocycles. The molecule has 0 bridgehead atoms.